The van der Waals surface area contributed by atoms with E-state index < -0.39 is 17.7 Å². The topological polar surface area (TPSA) is 106 Å². The van der Waals surface area contributed by atoms with E-state index in [1.165, 1.54) is 0 Å². The molecule has 170 valence electrons. The van der Waals surface area contributed by atoms with Crippen molar-refractivity contribution < 1.29 is 18.7 Å². The van der Waals surface area contributed by atoms with Crippen LogP contribution in [0.2, 0.25) is 0 Å². The standard InChI is InChI=1S/C22H32N4O4S/c1-7-14(3)18(24-20(28)30-22(4,5)6)19-25-26-21(29-19)31-13-17(27)23-16-12-10-9-11-15(16)8-2/h9-12,14,18H,7-8,13H2,1-6H3,(H,23,27)(H,24,28)/t14-,18-/m1/s1. The molecule has 2 amide bonds. The van der Waals surface area contributed by atoms with E-state index in [1.54, 1.807) is 20.8 Å². The maximum atomic E-state index is 12.3. The van der Waals surface area contributed by atoms with E-state index in [0.29, 0.717) is 5.89 Å². The first-order valence-corrected chi connectivity index (χ1v) is 11.4. The average Bonchev–Trinajstić information content (AvgIpc) is 3.17. The van der Waals surface area contributed by atoms with Gasteiger partial charge in [0.05, 0.1) is 5.75 Å². The van der Waals surface area contributed by atoms with E-state index in [9.17, 15) is 9.59 Å². The van der Waals surface area contributed by atoms with E-state index in [0.717, 1.165) is 35.9 Å². The second-order valence-electron chi connectivity index (χ2n) is 8.26. The zero-order valence-corrected chi connectivity index (χ0v) is 19.8. The molecule has 0 aliphatic carbocycles. The van der Waals surface area contributed by atoms with Crippen molar-refractivity contribution >= 4 is 29.4 Å². The van der Waals surface area contributed by atoms with Gasteiger partial charge in [0.15, 0.2) is 0 Å². The molecule has 8 nitrogen and oxygen atoms in total. The summed E-state index contributed by atoms with van der Waals surface area (Å²) in [5, 5.41) is 14.1. The summed E-state index contributed by atoms with van der Waals surface area (Å²) in [7, 11) is 0. The lowest BCUT2D eigenvalue weighted by Crippen LogP contribution is -2.37. The molecule has 1 aromatic heterocycles. The first kappa shape index (κ1) is 24.7. The number of amides is 2. The quantitative estimate of drug-likeness (QED) is 0.521. The molecular formula is C22H32N4O4S. The molecule has 0 saturated heterocycles. The van der Waals surface area contributed by atoms with Crippen molar-refractivity contribution in [2.75, 3.05) is 11.1 Å². The molecular weight excluding hydrogens is 416 g/mol. The third-order valence-electron chi connectivity index (χ3n) is 4.57. The lowest BCUT2D eigenvalue weighted by molar-refractivity contribution is -0.113. The number of thioether (sulfide) groups is 1. The van der Waals surface area contributed by atoms with Crippen LogP contribution in [0.1, 0.15) is 65.5 Å². The summed E-state index contributed by atoms with van der Waals surface area (Å²) in [6.45, 7) is 11.4. The van der Waals surface area contributed by atoms with Crippen molar-refractivity contribution in [1.29, 1.82) is 0 Å². The number of carbonyl (C=O) groups is 2. The second kappa shape index (κ2) is 11.2. The number of anilines is 1. The van der Waals surface area contributed by atoms with Crippen molar-refractivity contribution in [1.82, 2.24) is 15.5 Å². The van der Waals surface area contributed by atoms with E-state index in [2.05, 4.69) is 20.8 Å². The minimum absolute atomic E-state index is 0.0552. The van der Waals surface area contributed by atoms with E-state index in [1.807, 2.05) is 45.0 Å². The fourth-order valence-electron chi connectivity index (χ4n) is 2.79. The van der Waals surface area contributed by atoms with E-state index in [-0.39, 0.29) is 22.8 Å². The largest absolute Gasteiger partial charge is 0.444 e. The minimum atomic E-state index is -0.607. The van der Waals surface area contributed by atoms with Gasteiger partial charge in [-0.05, 0) is 44.7 Å². The Balaban J connectivity index is 1.99. The fraction of sp³-hybridized carbons (Fsp3) is 0.545. The third kappa shape index (κ3) is 7.90. The molecule has 2 aromatic rings. The van der Waals surface area contributed by atoms with Gasteiger partial charge in [-0.1, -0.05) is 57.2 Å². The van der Waals surface area contributed by atoms with Crippen molar-refractivity contribution in [3.63, 3.8) is 0 Å². The lowest BCUT2D eigenvalue weighted by atomic mass is 9.99. The highest BCUT2D eigenvalue weighted by molar-refractivity contribution is 7.99. The molecule has 0 fully saturated rings. The monoisotopic (exact) mass is 448 g/mol. The Morgan fingerprint density at radius 3 is 2.55 bits per heavy atom. The minimum Gasteiger partial charge on any atom is -0.444 e. The second-order valence-corrected chi connectivity index (χ2v) is 9.19. The predicted octanol–water partition coefficient (Wildman–Crippen LogP) is 4.97. The molecule has 2 N–H and O–H groups in total. The van der Waals surface area contributed by atoms with Crippen molar-refractivity contribution in [2.24, 2.45) is 5.92 Å². The number of aromatic nitrogens is 2. The molecule has 31 heavy (non-hydrogen) atoms. The van der Waals surface area contributed by atoms with Gasteiger partial charge in [0.25, 0.3) is 5.22 Å². The smallest absolute Gasteiger partial charge is 0.408 e. The van der Waals surface area contributed by atoms with Crippen LogP contribution in [0.4, 0.5) is 10.5 Å². The summed E-state index contributed by atoms with van der Waals surface area (Å²) in [5.41, 5.74) is 1.27. The van der Waals surface area contributed by atoms with Gasteiger partial charge in [0.1, 0.15) is 11.6 Å². The molecule has 9 heteroatoms. The number of hydrogen-bond donors (Lipinski definition) is 2. The van der Waals surface area contributed by atoms with Crippen molar-refractivity contribution in [3.8, 4) is 0 Å². The number of carbonyl (C=O) groups excluding carboxylic acids is 2. The van der Waals surface area contributed by atoms with Crippen molar-refractivity contribution in [3.05, 3.63) is 35.7 Å². The summed E-state index contributed by atoms with van der Waals surface area (Å²) < 4.78 is 11.1. The van der Waals surface area contributed by atoms with Gasteiger partial charge in [0.2, 0.25) is 11.8 Å². The maximum absolute atomic E-state index is 12.3. The van der Waals surface area contributed by atoms with Crippen LogP contribution in [0, 0.1) is 5.92 Å². The van der Waals surface area contributed by atoms with Crippen LogP contribution in [-0.4, -0.2) is 33.6 Å². The van der Waals surface area contributed by atoms with Crippen LogP contribution in [0.5, 0.6) is 0 Å². The number of rotatable bonds is 9. The number of benzene rings is 1. The number of ether oxygens (including phenoxy) is 1. The van der Waals surface area contributed by atoms with Gasteiger partial charge in [-0.3, -0.25) is 4.79 Å². The molecule has 0 saturated carbocycles. The first-order valence-electron chi connectivity index (χ1n) is 10.5. The maximum Gasteiger partial charge on any atom is 0.408 e. The number of alkyl carbamates (subject to hydrolysis) is 1. The molecule has 0 unspecified atom stereocenters. The lowest BCUT2D eigenvalue weighted by Gasteiger charge is -2.24. The number of aryl methyl sites for hydroxylation is 1. The normalized spacial score (nSPS) is 13.4. The van der Waals surface area contributed by atoms with Crippen LogP contribution < -0.4 is 10.6 Å². The zero-order valence-electron chi connectivity index (χ0n) is 19.0. The Hall–Kier alpha value is -2.55. The Morgan fingerprint density at radius 1 is 1.19 bits per heavy atom. The Kier molecular flexibility index (Phi) is 8.91. The SMILES string of the molecule is CCc1ccccc1NC(=O)CSc1nnc([C@H](NC(=O)OC(C)(C)C)[C@H](C)CC)o1. The fourth-order valence-corrected chi connectivity index (χ4v) is 3.36. The molecule has 0 aliphatic heterocycles. The molecule has 1 aromatic carbocycles. The van der Waals surface area contributed by atoms with Crippen molar-refractivity contribution in [2.45, 2.75) is 71.2 Å². The molecule has 0 radical (unpaired) electrons. The van der Waals surface area contributed by atoms with Gasteiger partial charge in [-0.15, -0.1) is 10.2 Å². The molecule has 0 spiro atoms. The van der Waals surface area contributed by atoms with Crippen LogP contribution in [-0.2, 0) is 16.0 Å². The number of nitrogens with one attached hydrogen (secondary N) is 2. The summed E-state index contributed by atoms with van der Waals surface area (Å²) in [4.78, 5) is 24.6. The van der Waals surface area contributed by atoms with Crippen LogP contribution >= 0.6 is 11.8 Å². The number of nitrogens with zero attached hydrogens (tertiary/aromatic N) is 2. The van der Waals surface area contributed by atoms with Gasteiger partial charge in [-0.2, -0.15) is 0 Å². The highest BCUT2D eigenvalue weighted by atomic mass is 32.2. The molecule has 0 aliphatic rings. The molecule has 1 heterocycles. The Morgan fingerprint density at radius 2 is 1.90 bits per heavy atom. The predicted molar refractivity (Wildman–Crippen MR) is 121 cm³/mol. The summed E-state index contributed by atoms with van der Waals surface area (Å²) >= 11 is 1.15. The summed E-state index contributed by atoms with van der Waals surface area (Å²) in [6.07, 6.45) is 1.09. The summed E-state index contributed by atoms with van der Waals surface area (Å²) in [5.74, 6) is 0.322. The third-order valence-corrected chi connectivity index (χ3v) is 5.39. The summed E-state index contributed by atoms with van der Waals surface area (Å²) in [6, 6.07) is 7.22. The van der Waals surface area contributed by atoms with Gasteiger partial charge in [0, 0.05) is 5.69 Å². The van der Waals surface area contributed by atoms with E-state index in [4.69, 9.17) is 9.15 Å². The van der Waals surface area contributed by atoms with Gasteiger partial charge < -0.3 is 19.8 Å². The molecule has 2 atom stereocenters. The van der Waals surface area contributed by atoms with E-state index >= 15 is 0 Å². The van der Waals surface area contributed by atoms with Gasteiger partial charge >= 0.3 is 6.09 Å². The highest BCUT2D eigenvalue weighted by Gasteiger charge is 2.28. The van der Waals surface area contributed by atoms with Gasteiger partial charge in [-0.25, -0.2) is 4.79 Å². The highest BCUT2D eigenvalue weighted by Crippen LogP contribution is 2.27. The average molecular weight is 449 g/mol. The molecule has 0 bridgehead atoms. The Bertz CT molecular complexity index is 878. The van der Waals surface area contributed by atoms with Crippen LogP contribution in [0.15, 0.2) is 33.9 Å². The van der Waals surface area contributed by atoms with Crippen LogP contribution in [0.3, 0.4) is 0 Å². The van der Waals surface area contributed by atoms with Crippen LogP contribution in [0.25, 0.3) is 0 Å². The zero-order chi connectivity index (χ0) is 23.0. The number of hydrogen-bond acceptors (Lipinski definition) is 7. The number of para-hydroxylation sites is 1. The Labute approximate surface area is 187 Å². The first-order chi connectivity index (χ1) is 14.6. The molecule has 2 rings (SSSR count).